The summed E-state index contributed by atoms with van der Waals surface area (Å²) in [6.07, 6.45) is 1.83. The van der Waals surface area contributed by atoms with E-state index < -0.39 is 0 Å². The third kappa shape index (κ3) is 2.90. The first kappa shape index (κ1) is 20.4. The summed E-state index contributed by atoms with van der Waals surface area (Å²) in [4.78, 5) is 17.8. The van der Waals surface area contributed by atoms with Gasteiger partial charge < -0.3 is 14.2 Å². The molecule has 7 nitrogen and oxygen atoms in total. The lowest BCUT2D eigenvalue weighted by Gasteiger charge is -2.11. The van der Waals surface area contributed by atoms with Gasteiger partial charge in [0.25, 0.3) is 0 Å². The third-order valence-electron chi connectivity index (χ3n) is 6.41. The standard InChI is InChI=1S/C27H23N5O2/c1-13-8-9-18(17-7-6-10-28-25(13)17)26-24-19-12-22(33-5)20(23-14(2)32-34-15(23)3)11-21(19)31-27(24)30-16(4)29-26/h6-12H,1-5H3,(H,29,30,31). The summed E-state index contributed by atoms with van der Waals surface area (Å²) in [6, 6.07) is 12.4. The molecule has 6 aromatic rings. The van der Waals surface area contributed by atoms with E-state index in [2.05, 4.69) is 46.3 Å². The van der Waals surface area contributed by atoms with Crippen LogP contribution >= 0.6 is 0 Å². The normalized spacial score (nSPS) is 11.7. The van der Waals surface area contributed by atoms with Crippen LogP contribution in [0.1, 0.15) is 22.8 Å². The molecular weight excluding hydrogens is 426 g/mol. The van der Waals surface area contributed by atoms with Crippen LogP contribution < -0.4 is 4.74 Å². The number of ether oxygens (including phenoxy) is 1. The number of nitrogens with zero attached hydrogens (tertiary/aromatic N) is 4. The van der Waals surface area contributed by atoms with Gasteiger partial charge in [-0.1, -0.05) is 23.4 Å². The number of pyridine rings is 1. The number of H-pyrrole nitrogens is 1. The smallest absolute Gasteiger partial charge is 0.142 e. The van der Waals surface area contributed by atoms with Crippen molar-refractivity contribution in [2.45, 2.75) is 27.7 Å². The number of benzene rings is 2. The van der Waals surface area contributed by atoms with Crippen molar-refractivity contribution >= 4 is 32.8 Å². The van der Waals surface area contributed by atoms with Crippen LogP contribution in [0, 0.1) is 27.7 Å². The Hall–Kier alpha value is -4.26. The summed E-state index contributed by atoms with van der Waals surface area (Å²) in [5.41, 5.74) is 8.42. The number of aromatic nitrogens is 5. The topological polar surface area (TPSA) is 89.7 Å². The predicted octanol–water partition coefficient (Wildman–Crippen LogP) is 6.22. The number of nitrogens with one attached hydrogen (secondary N) is 1. The number of hydrogen-bond donors (Lipinski definition) is 1. The minimum Gasteiger partial charge on any atom is -0.496 e. The summed E-state index contributed by atoms with van der Waals surface area (Å²) in [5, 5.41) is 7.14. The molecule has 0 unspecified atom stereocenters. The highest BCUT2D eigenvalue weighted by Gasteiger charge is 2.21. The first-order valence-electron chi connectivity index (χ1n) is 11.1. The molecule has 0 saturated carbocycles. The Morgan fingerprint density at radius 1 is 0.941 bits per heavy atom. The minimum absolute atomic E-state index is 0.699. The van der Waals surface area contributed by atoms with E-state index in [1.807, 2.05) is 39.1 Å². The number of fused-ring (bicyclic) bond motifs is 4. The highest BCUT2D eigenvalue weighted by molar-refractivity contribution is 6.15. The Kier molecular flexibility index (Phi) is 4.42. The lowest BCUT2D eigenvalue weighted by atomic mass is 9.97. The Balaban J connectivity index is 1.71. The van der Waals surface area contributed by atoms with Crippen molar-refractivity contribution in [3.05, 3.63) is 65.4 Å². The number of aromatic amines is 1. The minimum atomic E-state index is 0.699. The number of rotatable bonds is 3. The van der Waals surface area contributed by atoms with Crippen molar-refractivity contribution in [2.75, 3.05) is 7.11 Å². The van der Waals surface area contributed by atoms with Gasteiger partial charge in [0, 0.05) is 33.6 Å². The average molecular weight is 450 g/mol. The lowest BCUT2D eigenvalue weighted by molar-refractivity contribution is 0.393. The molecule has 0 radical (unpaired) electrons. The molecule has 0 atom stereocenters. The number of aryl methyl sites for hydroxylation is 4. The monoisotopic (exact) mass is 449 g/mol. The van der Waals surface area contributed by atoms with Gasteiger partial charge in [0.15, 0.2) is 0 Å². The molecule has 0 aliphatic rings. The first-order valence-corrected chi connectivity index (χ1v) is 11.1. The van der Waals surface area contributed by atoms with Gasteiger partial charge in [-0.05, 0) is 51.5 Å². The second kappa shape index (κ2) is 7.38. The summed E-state index contributed by atoms with van der Waals surface area (Å²) in [7, 11) is 1.68. The van der Waals surface area contributed by atoms with E-state index in [1.165, 1.54) is 0 Å². The van der Waals surface area contributed by atoms with Crippen LogP contribution in [0.5, 0.6) is 5.75 Å². The molecule has 7 heteroatoms. The van der Waals surface area contributed by atoms with E-state index in [-0.39, 0.29) is 0 Å². The van der Waals surface area contributed by atoms with Crippen LogP contribution in [0.25, 0.3) is 55.2 Å². The molecule has 4 heterocycles. The molecule has 6 rings (SSSR count). The summed E-state index contributed by atoms with van der Waals surface area (Å²) in [6.45, 7) is 7.84. The Morgan fingerprint density at radius 2 is 1.79 bits per heavy atom. The zero-order chi connectivity index (χ0) is 23.6. The summed E-state index contributed by atoms with van der Waals surface area (Å²) in [5.74, 6) is 2.19. The third-order valence-corrected chi connectivity index (χ3v) is 6.41. The van der Waals surface area contributed by atoms with E-state index in [9.17, 15) is 0 Å². The van der Waals surface area contributed by atoms with Crippen molar-refractivity contribution in [3.63, 3.8) is 0 Å². The molecule has 2 aromatic carbocycles. The molecule has 1 N–H and O–H groups in total. The van der Waals surface area contributed by atoms with Gasteiger partial charge in [0.1, 0.15) is 23.0 Å². The predicted molar refractivity (Wildman–Crippen MR) is 133 cm³/mol. The fourth-order valence-electron chi connectivity index (χ4n) is 4.88. The van der Waals surface area contributed by atoms with Gasteiger partial charge in [-0.3, -0.25) is 4.98 Å². The van der Waals surface area contributed by atoms with Crippen LogP contribution in [0.15, 0.2) is 47.1 Å². The Bertz CT molecular complexity index is 1730. The fourth-order valence-corrected chi connectivity index (χ4v) is 4.88. The van der Waals surface area contributed by atoms with Gasteiger partial charge in [-0.25, -0.2) is 9.97 Å². The van der Waals surface area contributed by atoms with E-state index >= 15 is 0 Å². The first-order chi connectivity index (χ1) is 16.5. The summed E-state index contributed by atoms with van der Waals surface area (Å²) >= 11 is 0. The highest BCUT2D eigenvalue weighted by Crippen LogP contribution is 2.42. The quantitative estimate of drug-likeness (QED) is 0.345. The van der Waals surface area contributed by atoms with E-state index in [0.29, 0.717) is 5.82 Å². The molecule has 0 saturated heterocycles. The molecule has 0 fully saturated rings. The number of hydrogen-bond acceptors (Lipinski definition) is 6. The molecular formula is C27H23N5O2. The van der Waals surface area contributed by atoms with Crippen LogP contribution in [0.4, 0.5) is 0 Å². The van der Waals surface area contributed by atoms with Crippen LogP contribution in [0.3, 0.4) is 0 Å². The highest BCUT2D eigenvalue weighted by atomic mass is 16.5. The van der Waals surface area contributed by atoms with Crippen LogP contribution in [0.2, 0.25) is 0 Å². The lowest BCUT2D eigenvalue weighted by Crippen LogP contribution is -1.95. The van der Waals surface area contributed by atoms with Crippen LogP contribution in [-0.4, -0.2) is 32.2 Å². The maximum absolute atomic E-state index is 5.83. The van der Waals surface area contributed by atoms with Gasteiger partial charge in [-0.2, -0.15) is 0 Å². The molecule has 168 valence electrons. The SMILES string of the molecule is COc1cc2c(cc1-c1c(C)noc1C)[nH]c1nc(C)nc(-c3ccc(C)c4ncccc34)c12. The zero-order valence-electron chi connectivity index (χ0n) is 19.6. The Labute approximate surface area is 195 Å². The van der Waals surface area contributed by atoms with E-state index in [0.717, 1.165) is 78.0 Å². The van der Waals surface area contributed by atoms with Crippen LogP contribution in [-0.2, 0) is 0 Å². The molecule has 0 bridgehead atoms. The second-order valence-electron chi connectivity index (χ2n) is 8.59. The largest absolute Gasteiger partial charge is 0.496 e. The number of methoxy groups -OCH3 is 1. The van der Waals surface area contributed by atoms with Crippen molar-refractivity contribution in [2.24, 2.45) is 0 Å². The van der Waals surface area contributed by atoms with Gasteiger partial charge in [-0.15, -0.1) is 0 Å². The maximum atomic E-state index is 5.83. The van der Waals surface area contributed by atoms with Crippen molar-refractivity contribution in [3.8, 4) is 28.1 Å². The van der Waals surface area contributed by atoms with Crippen molar-refractivity contribution in [1.29, 1.82) is 0 Å². The molecule has 0 aliphatic heterocycles. The van der Waals surface area contributed by atoms with E-state index in [1.54, 1.807) is 7.11 Å². The Morgan fingerprint density at radius 3 is 2.56 bits per heavy atom. The molecule has 34 heavy (non-hydrogen) atoms. The molecule has 4 aromatic heterocycles. The van der Waals surface area contributed by atoms with Gasteiger partial charge in [0.05, 0.1) is 35.0 Å². The summed E-state index contributed by atoms with van der Waals surface area (Å²) < 4.78 is 11.2. The van der Waals surface area contributed by atoms with Crippen molar-refractivity contribution < 1.29 is 9.26 Å². The second-order valence-corrected chi connectivity index (χ2v) is 8.59. The van der Waals surface area contributed by atoms with E-state index in [4.69, 9.17) is 19.2 Å². The fraction of sp³-hybridized carbons (Fsp3) is 0.185. The maximum Gasteiger partial charge on any atom is 0.142 e. The molecule has 0 aliphatic carbocycles. The zero-order valence-corrected chi connectivity index (χ0v) is 19.6. The molecule has 0 spiro atoms. The van der Waals surface area contributed by atoms with Gasteiger partial charge >= 0.3 is 0 Å². The van der Waals surface area contributed by atoms with Crippen molar-refractivity contribution in [1.82, 2.24) is 25.1 Å². The average Bonchev–Trinajstić information content (AvgIpc) is 3.36. The van der Waals surface area contributed by atoms with Gasteiger partial charge in [0.2, 0.25) is 0 Å². The molecule has 0 amide bonds.